The van der Waals surface area contributed by atoms with Gasteiger partial charge in [0.1, 0.15) is 5.82 Å². The van der Waals surface area contributed by atoms with Gasteiger partial charge in [-0.3, -0.25) is 4.79 Å². The van der Waals surface area contributed by atoms with E-state index in [4.69, 9.17) is 4.74 Å². The van der Waals surface area contributed by atoms with E-state index in [2.05, 4.69) is 0 Å². The second-order valence-corrected chi connectivity index (χ2v) is 4.88. The van der Waals surface area contributed by atoms with Crippen LogP contribution in [0.3, 0.4) is 0 Å². The lowest BCUT2D eigenvalue weighted by atomic mass is 9.91. The molecule has 1 aromatic carbocycles. The summed E-state index contributed by atoms with van der Waals surface area (Å²) in [6.45, 7) is 1.06. The lowest BCUT2D eigenvalue weighted by Crippen LogP contribution is -2.19. The molecule has 0 unspecified atom stereocenters. The molecule has 0 aromatic heterocycles. The average molecular weight is 290 g/mol. The van der Waals surface area contributed by atoms with Crippen molar-refractivity contribution in [3.63, 3.8) is 0 Å². The van der Waals surface area contributed by atoms with Gasteiger partial charge in [-0.1, -0.05) is 0 Å². The van der Waals surface area contributed by atoms with Crippen molar-refractivity contribution in [3.8, 4) is 0 Å². The van der Waals surface area contributed by atoms with Crippen LogP contribution in [0.4, 0.5) is 17.6 Å². The molecule has 1 aromatic rings. The summed E-state index contributed by atoms with van der Waals surface area (Å²) in [6, 6.07) is 1.93. The second kappa shape index (κ2) is 5.91. The molecule has 0 saturated carbocycles. The Morgan fingerprint density at radius 1 is 1.25 bits per heavy atom. The Morgan fingerprint density at radius 3 is 2.50 bits per heavy atom. The largest absolute Gasteiger partial charge is 0.416 e. The van der Waals surface area contributed by atoms with Gasteiger partial charge in [0.05, 0.1) is 11.1 Å². The van der Waals surface area contributed by atoms with Crippen LogP contribution in [0.1, 0.15) is 35.2 Å². The lowest BCUT2D eigenvalue weighted by Gasteiger charge is -2.21. The summed E-state index contributed by atoms with van der Waals surface area (Å²) in [7, 11) is 0. The molecule has 20 heavy (non-hydrogen) atoms. The third-order valence-electron chi connectivity index (χ3n) is 3.41. The molecular weight excluding hydrogens is 276 g/mol. The molecule has 0 atom stereocenters. The van der Waals surface area contributed by atoms with Crippen LogP contribution in [0, 0.1) is 11.7 Å². The van der Waals surface area contributed by atoms with Crippen molar-refractivity contribution in [1.29, 1.82) is 0 Å². The Kier molecular flexibility index (Phi) is 4.42. The zero-order valence-electron chi connectivity index (χ0n) is 10.7. The van der Waals surface area contributed by atoms with Gasteiger partial charge in [0.2, 0.25) is 0 Å². The van der Waals surface area contributed by atoms with Crippen LogP contribution >= 0.6 is 0 Å². The third kappa shape index (κ3) is 3.56. The van der Waals surface area contributed by atoms with Gasteiger partial charge in [0.15, 0.2) is 5.78 Å². The lowest BCUT2D eigenvalue weighted by molar-refractivity contribution is -0.137. The van der Waals surface area contributed by atoms with E-state index in [1.807, 2.05) is 0 Å². The van der Waals surface area contributed by atoms with Crippen molar-refractivity contribution in [2.45, 2.75) is 25.4 Å². The van der Waals surface area contributed by atoms with Crippen molar-refractivity contribution in [3.05, 3.63) is 35.1 Å². The standard InChI is InChI=1S/C14H14F4O2/c15-12-2-1-10(14(16,17)18)8-11(12)13(19)7-9-3-5-20-6-4-9/h1-2,8-9H,3-7H2. The minimum Gasteiger partial charge on any atom is -0.381 e. The Balaban J connectivity index is 2.16. The van der Waals surface area contributed by atoms with Crippen LogP contribution in [0.2, 0.25) is 0 Å². The highest BCUT2D eigenvalue weighted by Crippen LogP contribution is 2.31. The zero-order chi connectivity index (χ0) is 14.8. The van der Waals surface area contributed by atoms with Gasteiger partial charge in [-0.15, -0.1) is 0 Å². The van der Waals surface area contributed by atoms with Crippen molar-refractivity contribution >= 4 is 5.78 Å². The van der Waals surface area contributed by atoms with Crippen LogP contribution in [0.25, 0.3) is 0 Å². The summed E-state index contributed by atoms with van der Waals surface area (Å²) >= 11 is 0. The summed E-state index contributed by atoms with van der Waals surface area (Å²) in [5.74, 6) is -1.44. The van der Waals surface area contributed by atoms with Crippen molar-refractivity contribution in [2.75, 3.05) is 13.2 Å². The summed E-state index contributed by atoms with van der Waals surface area (Å²) in [5, 5.41) is 0. The van der Waals surface area contributed by atoms with E-state index in [1.54, 1.807) is 0 Å². The van der Waals surface area contributed by atoms with Gasteiger partial charge in [0.25, 0.3) is 0 Å². The molecule has 0 spiro atoms. The normalized spacial score (nSPS) is 17.2. The van der Waals surface area contributed by atoms with Gasteiger partial charge < -0.3 is 4.74 Å². The monoisotopic (exact) mass is 290 g/mol. The highest BCUT2D eigenvalue weighted by molar-refractivity contribution is 5.96. The molecule has 0 N–H and O–H groups in total. The molecule has 1 aliphatic rings. The Labute approximate surface area is 113 Å². The fourth-order valence-electron chi connectivity index (χ4n) is 2.24. The van der Waals surface area contributed by atoms with Gasteiger partial charge in [0, 0.05) is 19.6 Å². The minimum atomic E-state index is -4.58. The molecule has 0 aliphatic carbocycles. The van der Waals surface area contributed by atoms with Crippen LogP contribution in [0.15, 0.2) is 18.2 Å². The number of carbonyl (C=O) groups is 1. The maximum absolute atomic E-state index is 13.5. The van der Waals surface area contributed by atoms with E-state index in [9.17, 15) is 22.4 Å². The molecule has 1 heterocycles. The first-order chi connectivity index (χ1) is 9.38. The smallest absolute Gasteiger partial charge is 0.381 e. The third-order valence-corrected chi connectivity index (χ3v) is 3.41. The van der Waals surface area contributed by atoms with E-state index < -0.39 is 28.9 Å². The number of hydrogen-bond donors (Lipinski definition) is 0. The van der Waals surface area contributed by atoms with E-state index in [1.165, 1.54) is 0 Å². The number of rotatable bonds is 3. The number of ether oxygens (including phenoxy) is 1. The molecule has 1 aliphatic heterocycles. The summed E-state index contributed by atoms with van der Waals surface area (Å²) in [5.41, 5.74) is -1.49. The number of carbonyl (C=O) groups excluding carboxylic acids is 1. The highest BCUT2D eigenvalue weighted by atomic mass is 19.4. The number of alkyl halides is 3. The molecule has 2 rings (SSSR count). The summed E-state index contributed by atoms with van der Waals surface area (Å²) < 4.78 is 56.4. The van der Waals surface area contributed by atoms with Crippen molar-refractivity contribution < 1.29 is 27.1 Å². The highest BCUT2D eigenvalue weighted by Gasteiger charge is 2.32. The van der Waals surface area contributed by atoms with Crippen molar-refractivity contribution in [2.24, 2.45) is 5.92 Å². The van der Waals surface area contributed by atoms with Crippen LogP contribution in [-0.2, 0) is 10.9 Å². The van der Waals surface area contributed by atoms with E-state index in [-0.39, 0.29) is 12.3 Å². The number of benzene rings is 1. The van der Waals surface area contributed by atoms with Crippen molar-refractivity contribution in [1.82, 2.24) is 0 Å². The van der Waals surface area contributed by atoms with E-state index >= 15 is 0 Å². The zero-order valence-corrected chi connectivity index (χ0v) is 10.7. The maximum atomic E-state index is 13.5. The topological polar surface area (TPSA) is 26.3 Å². The molecule has 110 valence electrons. The Morgan fingerprint density at radius 2 is 1.90 bits per heavy atom. The molecule has 2 nitrogen and oxygen atoms in total. The number of hydrogen-bond acceptors (Lipinski definition) is 2. The van der Waals surface area contributed by atoms with E-state index in [0.717, 1.165) is 0 Å². The minimum absolute atomic E-state index is 0.0465. The fraction of sp³-hybridized carbons (Fsp3) is 0.500. The molecule has 0 amide bonds. The second-order valence-electron chi connectivity index (χ2n) is 4.88. The molecular formula is C14H14F4O2. The first-order valence-electron chi connectivity index (χ1n) is 6.35. The predicted molar refractivity (Wildman–Crippen MR) is 63.9 cm³/mol. The Bertz CT molecular complexity index is 490. The molecule has 0 radical (unpaired) electrons. The van der Waals surface area contributed by atoms with E-state index in [0.29, 0.717) is 44.3 Å². The van der Waals surface area contributed by atoms with Crippen LogP contribution in [-0.4, -0.2) is 19.0 Å². The van der Waals surface area contributed by atoms with Gasteiger partial charge in [-0.05, 0) is 37.0 Å². The van der Waals surface area contributed by atoms with Crippen LogP contribution in [0.5, 0.6) is 0 Å². The van der Waals surface area contributed by atoms with Gasteiger partial charge in [-0.25, -0.2) is 4.39 Å². The SMILES string of the molecule is O=C(CC1CCOCC1)c1cc(C(F)(F)F)ccc1F. The average Bonchev–Trinajstić information content (AvgIpc) is 2.39. The summed E-state index contributed by atoms with van der Waals surface area (Å²) in [4.78, 5) is 12.0. The predicted octanol–water partition coefficient (Wildman–Crippen LogP) is 3.84. The van der Waals surface area contributed by atoms with Gasteiger partial charge in [-0.2, -0.15) is 13.2 Å². The van der Waals surface area contributed by atoms with Gasteiger partial charge >= 0.3 is 6.18 Å². The summed E-state index contributed by atoms with van der Waals surface area (Å²) in [6.07, 6.45) is -3.18. The first-order valence-corrected chi connectivity index (χ1v) is 6.35. The molecule has 0 bridgehead atoms. The molecule has 6 heteroatoms. The quantitative estimate of drug-likeness (QED) is 0.624. The Hall–Kier alpha value is -1.43. The number of halogens is 4. The molecule has 1 saturated heterocycles. The first kappa shape index (κ1) is 15.0. The molecule has 1 fully saturated rings. The number of ketones is 1. The maximum Gasteiger partial charge on any atom is 0.416 e. The number of Topliss-reactive ketones (excluding diaryl/α,β-unsaturated/α-hetero) is 1. The fourth-order valence-corrected chi connectivity index (χ4v) is 2.24. The van der Waals surface area contributed by atoms with Crippen LogP contribution < -0.4 is 0 Å².